The average Bonchev–Trinajstić information content (AvgIpc) is 3.24. The Hall–Kier alpha value is -1.61. The van der Waals surface area contributed by atoms with Gasteiger partial charge in [0.05, 0.1) is 24.3 Å². The number of β-amino-alcohol motifs (C(OH)–C–C–N with tert-alkyl or cyclic N) is 1. The van der Waals surface area contributed by atoms with Gasteiger partial charge in [0.25, 0.3) is 0 Å². The first-order valence-electron chi connectivity index (χ1n) is 10.4. The van der Waals surface area contributed by atoms with Crippen LogP contribution in [0.2, 0.25) is 0 Å². The van der Waals surface area contributed by atoms with E-state index in [2.05, 4.69) is 31.4 Å². The van der Waals surface area contributed by atoms with Crippen LogP contribution in [-0.4, -0.2) is 54.5 Å². The van der Waals surface area contributed by atoms with Gasteiger partial charge in [0.15, 0.2) is 0 Å². The van der Waals surface area contributed by atoms with Crippen LogP contribution in [0.5, 0.6) is 0 Å². The molecule has 1 aliphatic carbocycles. The summed E-state index contributed by atoms with van der Waals surface area (Å²) in [4.78, 5) is 11.6. The molecule has 170 valence electrons. The Morgan fingerprint density at radius 1 is 1.33 bits per heavy atom. The Kier molecular flexibility index (Phi) is 8.33. The first-order chi connectivity index (χ1) is 13.9. The molecule has 0 radical (unpaired) electrons. The zero-order valence-corrected chi connectivity index (χ0v) is 18.3. The third-order valence-corrected chi connectivity index (χ3v) is 5.38. The second-order valence-electron chi connectivity index (χ2n) is 9.57. The summed E-state index contributed by atoms with van der Waals surface area (Å²) in [5, 5.41) is 16.6. The molecular formula is C22H35F2N3O3. The summed E-state index contributed by atoms with van der Waals surface area (Å²) in [7, 11) is 0. The molecule has 1 amide bonds. The quantitative estimate of drug-likeness (QED) is 0.405. The zero-order chi connectivity index (χ0) is 22.5. The number of ether oxygens (including phenoxy) is 1. The first kappa shape index (κ1) is 24.7. The highest BCUT2D eigenvalue weighted by Gasteiger charge is 2.52. The summed E-state index contributed by atoms with van der Waals surface area (Å²) in [5.74, 6) is -1.73. The van der Waals surface area contributed by atoms with E-state index in [0.29, 0.717) is 18.8 Å². The molecule has 6 nitrogen and oxygen atoms in total. The van der Waals surface area contributed by atoms with E-state index in [1.54, 1.807) is 0 Å². The highest BCUT2D eigenvalue weighted by molar-refractivity contribution is 5.73. The number of carbonyl (C=O) groups excluding carboxylic acids is 1. The van der Waals surface area contributed by atoms with Crippen molar-refractivity contribution in [2.75, 3.05) is 19.8 Å². The Labute approximate surface area is 177 Å². The Bertz CT molecular complexity index is 706. The highest BCUT2D eigenvalue weighted by Crippen LogP contribution is 2.34. The summed E-state index contributed by atoms with van der Waals surface area (Å²) in [6, 6.07) is 2.40. The highest BCUT2D eigenvalue weighted by atomic mass is 19.1. The fourth-order valence-corrected chi connectivity index (χ4v) is 3.36. The van der Waals surface area contributed by atoms with Crippen molar-refractivity contribution in [3.8, 4) is 0 Å². The lowest BCUT2D eigenvalue weighted by molar-refractivity contribution is -0.120. The van der Waals surface area contributed by atoms with Crippen LogP contribution in [-0.2, 0) is 16.0 Å². The largest absolute Gasteiger partial charge is 0.390 e. The predicted molar refractivity (Wildman–Crippen MR) is 112 cm³/mol. The molecule has 1 aromatic rings. The van der Waals surface area contributed by atoms with E-state index in [4.69, 9.17) is 10.5 Å². The Balaban J connectivity index is 1.92. The summed E-state index contributed by atoms with van der Waals surface area (Å²) in [6.45, 7) is 9.02. The summed E-state index contributed by atoms with van der Waals surface area (Å²) in [5.41, 5.74) is 6.23. The number of carbonyl (C=O) groups is 1. The van der Waals surface area contributed by atoms with Gasteiger partial charge in [0, 0.05) is 32.2 Å². The first-order valence-corrected chi connectivity index (χ1v) is 10.4. The number of aliphatic hydroxyl groups is 1. The lowest BCUT2D eigenvalue weighted by atomic mass is 9.93. The molecule has 0 spiro atoms. The number of aliphatic hydroxyl groups excluding tert-OH is 1. The summed E-state index contributed by atoms with van der Waals surface area (Å²) >= 11 is 0. The standard InChI is InChI=1S/C22H35F2N3O3/c1-14(28)27-18(9-15-7-16(23)10-17(24)8-15)19(29)12-26-22(11-20(22)25)13-30-6-5-21(2,3)4/h7-8,10,18-20,26,29H,5-6,9,11-13,25H2,1-4H3,(H,27,28). The van der Waals surface area contributed by atoms with Crippen molar-refractivity contribution < 1.29 is 23.4 Å². The van der Waals surface area contributed by atoms with Gasteiger partial charge in [-0.15, -0.1) is 0 Å². The Morgan fingerprint density at radius 2 is 1.93 bits per heavy atom. The number of amides is 1. The Morgan fingerprint density at radius 3 is 2.43 bits per heavy atom. The van der Waals surface area contributed by atoms with Crippen LogP contribution in [0, 0.1) is 17.0 Å². The molecular weight excluding hydrogens is 392 g/mol. The van der Waals surface area contributed by atoms with E-state index in [9.17, 15) is 18.7 Å². The number of nitrogens with two attached hydrogens (primary N) is 1. The number of hydrogen-bond acceptors (Lipinski definition) is 5. The SMILES string of the molecule is CC(=O)NC(Cc1cc(F)cc(F)c1)C(O)CNC1(COCCC(C)(C)C)CC1N. The average molecular weight is 428 g/mol. The molecule has 4 unspecified atom stereocenters. The van der Waals surface area contributed by atoms with Gasteiger partial charge in [0.2, 0.25) is 5.91 Å². The molecule has 1 fully saturated rings. The number of benzene rings is 1. The monoisotopic (exact) mass is 427 g/mol. The third kappa shape index (κ3) is 7.91. The molecule has 1 aromatic carbocycles. The number of hydrogen-bond donors (Lipinski definition) is 4. The van der Waals surface area contributed by atoms with E-state index in [1.165, 1.54) is 19.1 Å². The number of nitrogens with one attached hydrogen (secondary N) is 2. The number of halogens is 2. The van der Waals surface area contributed by atoms with Gasteiger partial charge >= 0.3 is 0 Å². The molecule has 0 saturated heterocycles. The van der Waals surface area contributed by atoms with E-state index in [-0.39, 0.29) is 30.3 Å². The lowest BCUT2D eigenvalue weighted by Gasteiger charge is -2.27. The van der Waals surface area contributed by atoms with Crippen LogP contribution in [0.15, 0.2) is 18.2 Å². The molecule has 0 aromatic heterocycles. The third-order valence-electron chi connectivity index (χ3n) is 5.38. The fraction of sp³-hybridized carbons (Fsp3) is 0.682. The second kappa shape index (κ2) is 10.1. The van der Waals surface area contributed by atoms with Crippen molar-refractivity contribution in [2.24, 2.45) is 11.1 Å². The maximum absolute atomic E-state index is 13.5. The van der Waals surface area contributed by atoms with Gasteiger partial charge in [-0.1, -0.05) is 20.8 Å². The minimum atomic E-state index is -0.973. The van der Waals surface area contributed by atoms with Gasteiger partial charge in [-0.05, 0) is 42.4 Å². The van der Waals surface area contributed by atoms with Crippen molar-refractivity contribution in [2.45, 2.75) is 70.7 Å². The lowest BCUT2D eigenvalue weighted by Crippen LogP contribution is -2.52. The van der Waals surface area contributed by atoms with Gasteiger partial charge in [-0.3, -0.25) is 4.79 Å². The molecule has 0 bridgehead atoms. The molecule has 2 rings (SSSR count). The van der Waals surface area contributed by atoms with Gasteiger partial charge in [-0.25, -0.2) is 8.78 Å². The van der Waals surface area contributed by atoms with Crippen LogP contribution in [0.4, 0.5) is 8.78 Å². The van der Waals surface area contributed by atoms with Crippen molar-refractivity contribution in [1.29, 1.82) is 0 Å². The van der Waals surface area contributed by atoms with Crippen LogP contribution in [0.1, 0.15) is 46.1 Å². The minimum Gasteiger partial charge on any atom is -0.390 e. The van der Waals surface area contributed by atoms with E-state index in [1.807, 2.05) is 0 Å². The van der Waals surface area contributed by atoms with Crippen molar-refractivity contribution in [3.05, 3.63) is 35.4 Å². The molecule has 0 heterocycles. The number of rotatable bonds is 11. The maximum atomic E-state index is 13.5. The molecule has 0 aliphatic heterocycles. The molecule has 30 heavy (non-hydrogen) atoms. The fourth-order valence-electron chi connectivity index (χ4n) is 3.36. The summed E-state index contributed by atoms with van der Waals surface area (Å²) in [6.07, 6.45) is 0.780. The van der Waals surface area contributed by atoms with Gasteiger partial charge in [0.1, 0.15) is 11.6 Å². The summed E-state index contributed by atoms with van der Waals surface area (Å²) < 4.78 is 32.8. The molecule has 1 aliphatic rings. The topological polar surface area (TPSA) is 96.6 Å². The van der Waals surface area contributed by atoms with Gasteiger partial charge in [-0.2, -0.15) is 0 Å². The van der Waals surface area contributed by atoms with Crippen LogP contribution >= 0.6 is 0 Å². The van der Waals surface area contributed by atoms with Crippen molar-refractivity contribution in [1.82, 2.24) is 10.6 Å². The van der Waals surface area contributed by atoms with Gasteiger partial charge < -0.3 is 26.2 Å². The van der Waals surface area contributed by atoms with E-state index < -0.39 is 29.3 Å². The molecule has 1 saturated carbocycles. The molecule has 5 N–H and O–H groups in total. The minimum absolute atomic E-state index is 0.0733. The van der Waals surface area contributed by atoms with E-state index >= 15 is 0 Å². The van der Waals surface area contributed by atoms with Crippen LogP contribution in [0.3, 0.4) is 0 Å². The molecule has 8 heteroatoms. The van der Waals surface area contributed by atoms with Crippen molar-refractivity contribution in [3.63, 3.8) is 0 Å². The van der Waals surface area contributed by atoms with Crippen LogP contribution < -0.4 is 16.4 Å². The van der Waals surface area contributed by atoms with Crippen LogP contribution in [0.25, 0.3) is 0 Å². The molecule has 4 atom stereocenters. The second-order valence-corrected chi connectivity index (χ2v) is 9.57. The normalized spacial score (nSPS) is 23.1. The smallest absolute Gasteiger partial charge is 0.217 e. The predicted octanol–water partition coefficient (Wildman–Crippen LogP) is 1.89. The van der Waals surface area contributed by atoms with Crippen molar-refractivity contribution >= 4 is 5.91 Å². The zero-order valence-electron chi connectivity index (χ0n) is 18.3. The maximum Gasteiger partial charge on any atom is 0.217 e. The van der Waals surface area contributed by atoms with E-state index in [0.717, 1.165) is 18.9 Å².